The van der Waals surface area contributed by atoms with E-state index < -0.39 is 17.7 Å². The monoisotopic (exact) mass is 227 g/mol. The van der Waals surface area contributed by atoms with E-state index in [0.717, 1.165) is 24.6 Å². The molecule has 1 amide bonds. The van der Waals surface area contributed by atoms with Crippen LogP contribution in [-0.4, -0.2) is 5.91 Å². The molecule has 4 heteroatoms. The van der Waals surface area contributed by atoms with Crippen molar-refractivity contribution in [2.24, 2.45) is 0 Å². The van der Waals surface area contributed by atoms with Crippen LogP contribution in [0, 0.1) is 11.6 Å². The zero-order chi connectivity index (χ0) is 12.1. The highest BCUT2D eigenvalue weighted by Gasteiger charge is 2.13. The van der Waals surface area contributed by atoms with Crippen LogP contribution >= 0.6 is 0 Å². The quantitative estimate of drug-likeness (QED) is 0.841. The van der Waals surface area contributed by atoms with Crippen LogP contribution < -0.4 is 5.32 Å². The molecule has 16 heavy (non-hydrogen) atoms. The smallest absolute Gasteiger partial charge is 0.220 e. The third-order valence-electron chi connectivity index (χ3n) is 2.28. The largest absolute Gasteiger partial charge is 0.349 e. The first-order chi connectivity index (χ1) is 7.54. The zero-order valence-corrected chi connectivity index (χ0v) is 9.39. The van der Waals surface area contributed by atoms with Crippen LogP contribution in [0.5, 0.6) is 0 Å². The van der Waals surface area contributed by atoms with E-state index in [1.54, 1.807) is 6.92 Å². The normalized spacial score (nSPS) is 12.2. The lowest BCUT2D eigenvalue weighted by molar-refractivity contribution is -0.121. The number of carbonyl (C=O) groups excluding carboxylic acids is 1. The summed E-state index contributed by atoms with van der Waals surface area (Å²) in [6.07, 6.45) is 1.12. The van der Waals surface area contributed by atoms with E-state index in [1.807, 2.05) is 6.92 Å². The summed E-state index contributed by atoms with van der Waals surface area (Å²) in [5, 5.41) is 2.62. The van der Waals surface area contributed by atoms with Crippen LogP contribution in [0.15, 0.2) is 18.2 Å². The molecule has 0 saturated heterocycles. The highest BCUT2D eigenvalue weighted by Crippen LogP contribution is 2.17. The van der Waals surface area contributed by atoms with Gasteiger partial charge in [-0.2, -0.15) is 0 Å². The summed E-state index contributed by atoms with van der Waals surface area (Å²) >= 11 is 0. The molecule has 0 aliphatic heterocycles. The predicted molar refractivity (Wildman–Crippen MR) is 57.8 cm³/mol. The van der Waals surface area contributed by atoms with Crippen LogP contribution in [-0.2, 0) is 4.79 Å². The molecule has 1 N–H and O–H groups in total. The van der Waals surface area contributed by atoms with Gasteiger partial charge >= 0.3 is 0 Å². The molecule has 1 atom stereocenters. The van der Waals surface area contributed by atoms with Gasteiger partial charge in [0.15, 0.2) is 0 Å². The molecule has 0 spiro atoms. The number of rotatable bonds is 4. The van der Waals surface area contributed by atoms with Gasteiger partial charge < -0.3 is 5.32 Å². The van der Waals surface area contributed by atoms with Gasteiger partial charge in [0, 0.05) is 12.0 Å². The van der Waals surface area contributed by atoms with Crippen LogP contribution in [0.4, 0.5) is 8.78 Å². The van der Waals surface area contributed by atoms with Crippen molar-refractivity contribution in [1.29, 1.82) is 0 Å². The van der Waals surface area contributed by atoms with Crippen molar-refractivity contribution in [3.63, 3.8) is 0 Å². The second kappa shape index (κ2) is 5.58. The van der Waals surface area contributed by atoms with Gasteiger partial charge in [-0.05, 0) is 31.5 Å². The predicted octanol–water partition coefficient (Wildman–Crippen LogP) is 2.94. The van der Waals surface area contributed by atoms with Crippen molar-refractivity contribution in [1.82, 2.24) is 5.32 Å². The molecule has 0 aliphatic carbocycles. The summed E-state index contributed by atoms with van der Waals surface area (Å²) in [4.78, 5) is 11.3. The molecule has 0 bridgehead atoms. The van der Waals surface area contributed by atoms with Gasteiger partial charge in [0.2, 0.25) is 5.91 Å². The molecule has 0 radical (unpaired) electrons. The number of benzene rings is 1. The molecular formula is C12H15F2NO. The maximum Gasteiger partial charge on any atom is 0.220 e. The van der Waals surface area contributed by atoms with Crippen LogP contribution in [0.25, 0.3) is 0 Å². The first-order valence-corrected chi connectivity index (χ1v) is 5.29. The highest BCUT2D eigenvalue weighted by molar-refractivity contribution is 5.76. The Hall–Kier alpha value is -1.45. The van der Waals surface area contributed by atoms with Crippen molar-refractivity contribution < 1.29 is 13.6 Å². The minimum atomic E-state index is -0.519. The standard InChI is InChI=1S/C12H15F2NO/c1-3-4-12(16)15-8(2)10-7-9(13)5-6-11(10)14/h5-8H,3-4H2,1-2H3,(H,15,16). The number of hydrogen-bond acceptors (Lipinski definition) is 1. The van der Waals surface area contributed by atoms with Crippen molar-refractivity contribution >= 4 is 5.91 Å². The van der Waals surface area contributed by atoms with Gasteiger partial charge in [0.1, 0.15) is 11.6 Å². The molecule has 0 heterocycles. The maximum absolute atomic E-state index is 13.3. The number of carbonyl (C=O) groups is 1. The Kier molecular flexibility index (Phi) is 4.40. The van der Waals surface area contributed by atoms with E-state index in [4.69, 9.17) is 0 Å². The summed E-state index contributed by atoms with van der Waals surface area (Å²) in [5.74, 6) is -1.17. The fourth-order valence-corrected chi connectivity index (χ4v) is 1.46. The lowest BCUT2D eigenvalue weighted by atomic mass is 10.1. The Morgan fingerprint density at radius 1 is 1.44 bits per heavy atom. The average molecular weight is 227 g/mol. The average Bonchev–Trinajstić information content (AvgIpc) is 2.21. The lowest BCUT2D eigenvalue weighted by Crippen LogP contribution is -2.26. The number of nitrogens with one attached hydrogen (secondary N) is 1. The highest BCUT2D eigenvalue weighted by atomic mass is 19.1. The molecule has 0 aromatic heterocycles. The van der Waals surface area contributed by atoms with Gasteiger partial charge in [-0.15, -0.1) is 0 Å². The Morgan fingerprint density at radius 3 is 2.75 bits per heavy atom. The third-order valence-corrected chi connectivity index (χ3v) is 2.28. The minimum Gasteiger partial charge on any atom is -0.349 e. The van der Waals surface area contributed by atoms with Crippen molar-refractivity contribution in [3.8, 4) is 0 Å². The van der Waals surface area contributed by atoms with E-state index in [-0.39, 0.29) is 11.5 Å². The third kappa shape index (κ3) is 3.29. The SMILES string of the molecule is CCCC(=O)NC(C)c1cc(F)ccc1F. The first kappa shape index (κ1) is 12.6. The van der Waals surface area contributed by atoms with Crippen molar-refractivity contribution in [2.75, 3.05) is 0 Å². The number of hydrogen-bond donors (Lipinski definition) is 1. The second-order valence-corrected chi connectivity index (χ2v) is 3.71. The van der Waals surface area contributed by atoms with Gasteiger partial charge in [0.25, 0.3) is 0 Å². The fraction of sp³-hybridized carbons (Fsp3) is 0.417. The van der Waals surface area contributed by atoms with E-state index in [0.29, 0.717) is 6.42 Å². The van der Waals surface area contributed by atoms with E-state index >= 15 is 0 Å². The first-order valence-electron chi connectivity index (χ1n) is 5.29. The summed E-state index contributed by atoms with van der Waals surface area (Å²) < 4.78 is 26.3. The van der Waals surface area contributed by atoms with Gasteiger partial charge in [0.05, 0.1) is 6.04 Å². The van der Waals surface area contributed by atoms with Gasteiger partial charge in [-0.25, -0.2) is 8.78 Å². The van der Waals surface area contributed by atoms with Crippen molar-refractivity contribution in [2.45, 2.75) is 32.7 Å². The summed E-state index contributed by atoms with van der Waals surface area (Å²) in [7, 11) is 0. The van der Waals surface area contributed by atoms with Crippen LogP contribution in [0.3, 0.4) is 0 Å². The van der Waals surface area contributed by atoms with E-state index in [9.17, 15) is 13.6 Å². The van der Waals surface area contributed by atoms with E-state index in [1.165, 1.54) is 0 Å². The Bertz CT molecular complexity index is 379. The molecule has 0 aliphatic rings. The Morgan fingerprint density at radius 2 is 2.12 bits per heavy atom. The molecule has 1 rings (SSSR count). The summed E-state index contributed by atoms with van der Waals surface area (Å²) in [6, 6.07) is 2.70. The molecule has 2 nitrogen and oxygen atoms in total. The number of amides is 1. The second-order valence-electron chi connectivity index (χ2n) is 3.71. The Labute approximate surface area is 93.7 Å². The molecule has 1 unspecified atom stereocenters. The summed E-state index contributed by atoms with van der Waals surface area (Å²) in [5.41, 5.74) is 0.171. The van der Waals surface area contributed by atoms with Gasteiger partial charge in [-0.1, -0.05) is 6.92 Å². The van der Waals surface area contributed by atoms with E-state index in [2.05, 4.69) is 5.32 Å². The zero-order valence-electron chi connectivity index (χ0n) is 9.39. The molecule has 88 valence electrons. The fourth-order valence-electron chi connectivity index (χ4n) is 1.46. The molecular weight excluding hydrogens is 212 g/mol. The minimum absolute atomic E-state index is 0.154. The Balaban J connectivity index is 2.76. The topological polar surface area (TPSA) is 29.1 Å². The molecule has 1 aromatic carbocycles. The number of halogens is 2. The maximum atomic E-state index is 13.3. The lowest BCUT2D eigenvalue weighted by Gasteiger charge is -2.14. The summed E-state index contributed by atoms with van der Waals surface area (Å²) in [6.45, 7) is 3.51. The molecule has 0 fully saturated rings. The van der Waals surface area contributed by atoms with Crippen LogP contribution in [0.1, 0.15) is 38.3 Å². The van der Waals surface area contributed by atoms with Gasteiger partial charge in [-0.3, -0.25) is 4.79 Å². The van der Waals surface area contributed by atoms with Crippen molar-refractivity contribution in [3.05, 3.63) is 35.4 Å². The molecule has 1 aromatic rings. The van der Waals surface area contributed by atoms with Crippen LogP contribution in [0.2, 0.25) is 0 Å². The molecule has 0 saturated carbocycles.